The van der Waals surface area contributed by atoms with Crippen molar-refractivity contribution in [2.45, 2.75) is 26.8 Å². The minimum absolute atomic E-state index is 0.0521. The summed E-state index contributed by atoms with van der Waals surface area (Å²) in [5, 5.41) is 3.01. The maximum Gasteiger partial charge on any atom is 0.229 e. The molecule has 0 aliphatic rings. The van der Waals surface area contributed by atoms with Gasteiger partial charge in [0.05, 0.1) is 5.92 Å². The summed E-state index contributed by atoms with van der Waals surface area (Å²) in [5.74, 6) is -0.352. The van der Waals surface area contributed by atoms with E-state index in [0.29, 0.717) is 0 Å². The second kappa shape index (κ2) is 6.55. The van der Waals surface area contributed by atoms with Crippen LogP contribution in [0.5, 0.6) is 0 Å². The van der Waals surface area contributed by atoms with Gasteiger partial charge in [-0.3, -0.25) is 4.79 Å². The molecule has 0 heterocycles. The van der Waals surface area contributed by atoms with Gasteiger partial charge in [-0.25, -0.2) is 0 Å². The molecular weight excluding hydrogens is 260 g/mol. The molecule has 3 N–H and O–H groups in total. The number of rotatable bonds is 4. The summed E-state index contributed by atoms with van der Waals surface area (Å²) in [4.78, 5) is 12.4. The van der Waals surface area contributed by atoms with Crippen LogP contribution in [-0.2, 0) is 4.79 Å². The highest BCUT2D eigenvalue weighted by Crippen LogP contribution is 2.24. The molecule has 0 radical (unpaired) electrons. The SMILES string of the molecule is Cc1cccc(C)c1NC(=O)C(C)C(N)c1ccccc1. The molecule has 21 heavy (non-hydrogen) atoms. The zero-order valence-corrected chi connectivity index (χ0v) is 12.8. The van der Waals surface area contributed by atoms with Crippen molar-refractivity contribution in [3.63, 3.8) is 0 Å². The molecule has 0 saturated heterocycles. The minimum atomic E-state index is -0.310. The third kappa shape index (κ3) is 3.50. The van der Waals surface area contributed by atoms with Gasteiger partial charge in [0.2, 0.25) is 5.91 Å². The zero-order valence-electron chi connectivity index (χ0n) is 12.8. The molecule has 0 saturated carbocycles. The van der Waals surface area contributed by atoms with Crippen molar-refractivity contribution < 1.29 is 4.79 Å². The van der Waals surface area contributed by atoms with Gasteiger partial charge in [0, 0.05) is 11.7 Å². The van der Waals surface area contributed by atoms with Crippen molar-refractivity contribution in [2.75, 3.05) is 5.32 Å². The van der Waals surface area contributed by atoms with Gasteiger partial charge in [0.1, 0.15) is 0 Å². The lowest BCUT2D eigenvalue weighted by Gasteiger charge is -2.21. The van der Waals surface area contributed by atoms with Crippen molar-refractivity contribution in [1.29, 1.82) is 0 Å². The Bertz CT molecular complexity index is 602. The van der Waals surface area contributed by atoms with Crippen LogP contribution >= 0.6 is 0 Å². The molecular formula is C18H22N2O. The van der Waals surface area contributed by atoms with Crippen molar-refractivity contribution in [1.82, 2.24) is 0 Å². The average Bonchev–Trinajstić information content (AvgIpc) is 2.50. The summed E-state index contributed by atoms with van der Waals surface area (Å²) in [6.07, 6.45) is 0. The molecule has 2 aromatic rings. The Hall–Kier alpha value is -2.13. The van der Waals surface area contributed by atoms with Gasteiger partial charge in [0.25, 0.3) is 0 Å². The van der Waals surface area contributed by atoms with Crippen molar-refractivity contribution in [3.8, 4) is 0 Å². The monoisotopic (exact) mass is 282 g/mol. The first kappa shape index (κ1) is 15.3. The second-order valence-corrected chi connectivity index (χ2v) is 5.48. The third-order valence-electron chi connectivity index (χ3n) is 3.87. The van der Waals surface area contributed by atoms with Crippen LogP contribution < -0.4 is 11.1 Å². The van der Waals surface area contributed by atoms with E-state index in [0.717, 1.165) is 22.4 Å². The number of hydrogen-bond donors (Lipinski definition) is 2. The van der Waals surface area contributed by atoms with Crippen LogP contribution in [0.3, 0.4) is 0 Å². The van der Waals surface area contributed by atoms with Gasteiger partial charge in [0.15, 0.2) is 0 Å². The molecule has 2 aromatic carbocycles. The molecule has 0 aliphatic carbocycles. The van der Waals surface area contributed by atoms with Crippen LogP contribution in [-0.4, -0.2) is 5.91 Å². The Morgan fingerprint density at radius 3 is 2.14 bits per heavy atom. The number of para-hydroxylation sites is 1. The summed E-state index contributed by atoms with van der Waals surface area (Å²) in [7, 11) is 0. The van der Waals surface area contributed by atoms with E-state index in [2.05, 4.69) is 5.32 Å². The number of amides is 1. The van der Waals surface area contributed by atoms with Gasteiger partial charge in [-0.1, -0.05) is 55.5 Å². The van der Waals surface area contributed by atoms with E-state index in [1.165, 1.54) is 0 Å². The highest BCUT2D eigenvalue weighted by molar-refractivity contribution is 5.94. The number of benzene rings is 2. The first-order valence-corrected chi connectivity index (χ1v) is 7.18. The topological polar surface area (TPSA) is 55.1 Å². The summed E-state index contributed by atoms with van der Waals surface area (Å²) >= 11 is 0. The lowest BCUT2D eigenvalue weighted by molar-refractivity contribution is -0.120. The molecule has 3 nitrogen and oxygen atoms in total. The Balaban J connectivity index is 2.13. The Morgan fingerprint density at radius 2 is 1.57 bits per heavy atom. The van der Waals surface area contributed by atoms with E-state index in [1.807, 2.05) is 69.3 Å². The van der Waals surface area contributed by atoms with Crippen LogP contribution in [0.15, 0.2) is 48.5 Å². The number of carbonyl (C=O) groups excluding carboxylic acids is 1. The lowest BCUT2D eigenvalue weighted by Crippen LogP contribution is -2.30. The fraction of sp³-hybridized carbons (Fsp3) is 0.278. The lowest BCUT2D eigenvalue weighted by atomic mass is 9.94. The third-order valence-corrected chi connectivity index (χ3v) is 3.87. The summed E-state index contributed by atoms with van der Waals surface area (Å²) in [5.41, 5.74) is 10.2. The van der Waals surface area contributed by atoms with Gasteiger partial charge >= 0.3 is 0 Å². The molecule has 0 aromatic heterocycles. The second-order valence-electron chi connectivity index (χ2n) is 5.48. The molecule has 110 valence electrons. The van der Waals surface area contributed by atoms with Crippen LogP contribution in [0.2, 0.25) is 0 Å². The molecule has 2 atom stereocenters. The number of hydrogen-bond acceptors (Lipinski definition) is 2. The van der Waals surface area contributed by atoms with Crippen molar-refractivity contribution in [2.24, 2.45) is 11.7 Å². The Labute approximate surface area is 126 Å². The molecule has 3 heteroatoms. The molecule has 1 amide bonds. The van der Waals surface area contributed by atoms with Gasteiger partial charge < -0.3 is 11.1 Å². The molecule has 0 bridgehead atoms. The highest BCUT2D eigenvalue weighted by Gasteiger charge is 2.22. The Kier molecular flexibility index (Phi) is 4.76. The number of anilines is 1. The highest BCUT2D eigenvalue weighted by atomic mass is 16.1. The molecule has 0 spiro atoms. The van der Waals surface area contributed by atoms with Crippen LogP contribution in [0, 0.1) is 19.8 Å². The molecule has 0 aliphatic heterocycles. The normalized spacial score (nSPS) is 13.5. The summed E-state index contributed by atoms with van der Waals surface area (Å²) < 4.78 is 0. The van der Waals surface area contributed by atoms with Crippen LogP contribution in [0.1, 0.15) is 29.7 Å². The number of nitrogens with one attached hydrogen (secondary N) is 1. The summed E-state index contributed by atoms with van der Waals surface area (Å²) in [6, 6.07) is 15.4. The predicted octanol–water partition coefficient (Wildman–Crippen LogP) is 3.58. The standard InChI is InChI=1S/C18H22N2O/c1-12-8-7-9-13(2)17(12)20-18(21)14(3)16(19)15-10-5-4-6-11-15/h4-11,14,16H,19H2,1-3H3,(H,20,21). The smallest absolute Gasteiger partial charge is 0.229 e. The van der Waals surface area contributed by atoms with E-state index in [-0.39, 0.29) is 17.9 Å². The van der Waals surface area contributed by atoms with Crippen LogP contribution in [0.4, 0.5) is 5.69 Å². The minimum Gasteiger partial charge on any atom is -0.325 e. The van der Waals surface area contributed by atoms with E-state index < -0.39 is 0 Å². The van der Waals surface area contributed by atoms with Crippen LogP contribution in [0.25, 0.3) is 0 Å². The maximum absolute atomic E-state index is 12.4. The van der Waals surface area contributed by atoms with Gasteiger partial charge in [-0.05, 0) is 30.5 Å². The van der Waals surface area contributed by atoms with Crippen molar-refractivity contribution in [3.05, 3.63) is 65.2 Å². The first-order chi connectivity index (χ1) is 10.0. The molecule has 0 fully saturated rings. The predicted molar refractivity (Wildman–Crippen MR) is 87.1 cm³/mol. The van der Waals surface area contributed by atoms with E-state index >= 15 is 0 Å². The van der Waals surface area contributed by atoms with Crippen molar-refractivity contribution >= 4 is 11.6 Å². The zero-order chi connectivity index (χ0) is 15.4. The Morgan fingerprint density at radius 1 is 1.00 bits per heavy atom. The van der Waals surface area contributed by atoms with E-state index in [9.17, 15) is 4.79 Å². The fourth-order valence-corrected chi connectivity index (χ4v) is 2.38. The first-order valence-electron chi connectivity index (χ1n) is 7.18. The summed E-state index contributed by atoms with van der Waals surface area (Å²) in [6.45, 7) is 5.84. The number of carbonyl (C=O) groups is 1. The largest absolute Gasteiger partial charge is 0.325 e. The van der Waals surface area contributed by atoms with Gasteiger partial charge in [-0.15, -0.1) is 0 Å². The molecule has 2 unspecified atom stereocenters. The number of aryl methyl sites for hydroxylation is 2. The molecule has 2 rings (SSSR count). The van der Waals surface area contributed by atoms with E-state index in [1.54, 1.807) is 0 Å². The maximum atomic E-state index is 12.4. The number of nitrogens with two attached hydrogens (primary N) is 1. The van der Waals surface area contributed by atoms with E-state index in [4.69, 9.17) is 5.73 Å². The fourth-order valence-electron chi connectivity index (χ4n) is 2.38. The van der Waals surface area contributed by atoms with Gasteiger partial charge in [-0.2, -0.15) is 0 Å². The quantitative estimate of drug-likeness (QED) is 0.900. The average molecular weight is 282 g/mol.